The number of imidazole rings is 1. The quantitative estimate of drug-likeness (QED) is 0.587. The molecule has 3 rings (SSSR count). The smallest absolute Gasteiger partial charge is 0.336 e. The summed E-state index contributed by atoms with van der Waals surface area (Å²) >= 11 is 0. The summed E-state index contributed by atoms with van der Waals surface area (Å²) in [4.78, 5) is 16.1. The van der Waals surface area contributed by atoms with Gasteiger partial charge in [-0.1, -0.05) is 0 Å². The summed E-state index contributed by atoms with van der Waals surface area (Å²) in [5.74, 6) is 0. The zero-order valence-electron chi connectivity index (χ0n) is 9.83. The molecule has 0 spiro atoms. The highest BCUT2D eigenvalue weighted by atomic mass is 16.6. The maximum absolute atomic E-state index is 12.2. The largest absolute Gasteiger partial charge is 0.394 e. The molecule has 1 aliphatic rings. The van der Waals surface area contributed by atoms with Crippen molar-refractivity contribution >= 4 is 5.65 Å². The van der Waals surface area contributed by atoms with Crippen molar-refractivity contribution in [2.75, 3.05) is 6.61 Å². The van der Waals surface area contributed by atoms with Crippen LogP contribution >= 0.6 is 0 Å². The molecule has 0 saturated carbocycles. The molecule has 2 aromatic heterocycles. The van der Waals surface area contributed by atoms with E-state index in [9.17, 15) is 15.0 Å². The Labute approximate surface area is 107 Å². The van der Waals surface area contributed by atoms with Crippen LogP contribution in [0.3, 0.4) is 0 Å². The number of nitrogens with zero attached hydrogens (tertiary/aromatic N) is 3. The Bertz CT molecular complexity index is 651. The van der Waals surface area contributed by atoms with E-state index >= 15 is 0 Å². The fourth-order valence-electron chi connectivity index (χ4n) is 2.24. The van der Waals surface area contributed by atoms with E-state index in [1.54, 1.807) is 6.07 Å². The van der Waals surface area contributed by atoms with Gasteiger partial charge in [0.2, 0.25) is 0 Å². The fraction of sp³-hybridized carbons (Fsp3) is 0.455. The molecule has 8 nitrogen and oxygen atoms in total. The van der Waals surface area contributed by atoms with Crippen LogP contribution in [0.25, 0.3) is 5.65 Å². The van der Waals surface area contributed by atoms with Gasteiger partial charge >= 0.3 is 5.69 Å². The second-order valence-corrected chi connectivity index (χ2v) is 4.39. The second kappa shape index (κ2) is 4.42. The SMILES string of the molecule is O=c1n([C@H]2O[C@@H](CO)[C@@H](O)[C@@H]2O)ccc2nccn12. The highest BCUT2D eigenvalue weighted by Gasteiger charge is 2.43. The predicted octanol–water partition coefficient (Wildman–Crippen LogP) is -1.89. The van der Waals surface area contributed by atoms with Crippen LogP contribution in [0.2, 0.25) is 0 Å². The first-order chi connectivity index (χ1) is 9.13. The zero-order chi connectivity index (χ0) is 13.6. The Hall–Kier alpha value is -1.74. The average molecular weight is 267 g/mol. The summed E-state index contributed by atoms with van der Waals surface area (Å²) in [5, 5.41) is 28.6. The van der Waals surface area contributed by atoms with Gasteiger partial charge < -0.3 is 20.1 Å². The van der Waals surface area contributed by atoms with Crippen molar-refractivity contribution in [3.05, 3.63) is 35.1 Å². The molecule has 1 fully saturated rings. The number of rotatable bonds is 2. The fourth-order valence-corrected chi connectivity index (χ4v) is 2.24. The van der Waals surface area contributed by atoms with Gasteiger partial charge in [0.25, 0.3) is 0 Å². The number of aromatic nitrogens is 3. The van der Waals surface area contributed by atoms with Crippen LogP contribution in [0.15, 0.2) is 29.5 Å². The Morgan fingerprint density at radius 2 is 2.11 bits per heavy atom. The Balaban J connectivity index is 2.05. The highest BCUT2D eigenvalue weighted by molar-refractivity contribution is 5.35. The molecule has 0 aromatic carbocycles. The molecule has 3 heterocycles. The third kappa shape index (κ3) is 1.77. The van der Waals surface area contributed by atoms with Crippen LogP contribution < -0.4 is 5.69 Å². The topological polar surface area (TPSA) is 109 Å². The summed E-state index contributed by atoms with van der Waals surface area (Å²) < 4.78 is 7.77. The molecule has 102 valence electrons. The predicted molar refractivity (Wildman–Crippen MR) is 62.5 cm³/mol. The van der Waals surface area contributed by atoms with E-state index in [0.717, 1.165) is 4.57 Å². The number of hydrogen-bond donors (Lipinski definition) is 3. The molecule has 1 saturated heterocycles. The summed E-state index contributed by atoms with van der Waals surface area (Å²) in [6.07, 6.45) is -0.0492. The molecule has 4 atom stereocenters. The molecule has 1 aliphatic heterocycles. The van der Waals surface area contributed by atoms with Crippen molar-refractivity contribution in [2.24, 2.45) is 0 Å². The maximum atomic E-state index is 12.2. The van der Waals surface area contributed by atoms with E-state index < -0.39 is 36.8 Å². The van der Waals surface area contributed by atoms with Gasteiger partial charge in [0.15, 0.2) is 6.23 Å². The van der Waals surface area contributed by atoms with Gasteiger partial charge in [-0.2, -0.15) is 0 Å². The number of hydrogen-bond acceptors (Lipinski definition) is 6. The standard InChI is InChI=1S/C11H13N3O5/c15-5-6-8(16)9(17)10(19-6)14-3-1-7-12-2-4-13(7)11(14)18/h1-4,6,8-10,15-17H,5H2/t6-,8+,9-,10-/m0/s1. The molecule has 2 aromatic rings. The first kappa shape index (κ1) is 12.3. The molecule has 0 amide bonds. The Kier molecular flexibility index (Phi) is 2.86. The van der Waals surface area contributed by atoms with Crippen molar-refractivity contribution in [1.82, 2.24) is 14.0 Å². The van der Waals surface area contributed by atoms with E-state index in [4.69, 9.17) is 9.84 Å². The summed E-state index contributed by atoms with van der Waals surface area (Å²) in [6, 6.07) is 1.59. The summed E-state index contributed by atoms with van der Waals surface area (Å²) in [6.45, 7) is -0.434. The lowest BCUT2D eigenvalue weighted by Gasteiger charge is -2.17. The molecule has 0 bridgehead atoms. The van der Waals surface area contributed by atoms with Crippen molar-refractivity contribution in [3.63, 3.8) is 0 Å². The van der Waals surface area contributed by atoms with E-state index in [1.807, 2.05) is 0 Å². The Morgan fingerprint density at radius 3 is 2.79 bits per heavy atom. The van der Waals surface area contributed by atoms with Gasteiger partial charge in [-0.05, 0) is 6.07 Å². The second-order valence-electron chi connectivity index (χ2n) is 4.39. The van der Waals surface area contributed by atoms with Crippen LogP contribution in [-0.2, 0) is 4.74 Å². The first-order valence-electron chi connectivity index (χ1n) is 5.80. The van der Waals surface area contributed by atoms with Crippen molar-refractivity contribution in [1.29, 1.82) is 0 Å². The lowest BCUT2D eigenvalue weighted by Crippen LogP contribution is -2.36. The van der Waals surface area contributed by atoms with Gasteiger partial charge in [0.1, 0.15) is 24.0 Å². The van der Waals surface area contributed by atoms with Crippen molar-refractivity contribution < 1.29 is 20.1 Å². The highest BCUT2D eigenvalue weighted by Crippen LogP contribution is 2.27. The molecule has 19 heavy (non-hydrogen) atoms. The number of aliphatic hydroxyl groups excluding tert-OH is 3. The molecule has 8 heteroatoms. The molecular formula is C11H13N3O5. The molecule has 0 radical (unpaired) electrons. The van der Waals surface area contributed by atoms with E-state index in [1.165, 1.54) is 23.0 Å². The van der Waals surface area contributed by atoms with Crippen LogP contribution in [-0.4, -0.2) is 54.2 Å². The van der Waals surface area contributed by atoms with Gasteiger partial charge in [-0.25, -0.2) is 9.78 Å². The normalized spacial score (nSPS) is 31.1. The van der Waals surface area contributed by atoms with Crippen molar-refractivity contribution in [2.45, 2.75) is 24.5 Å². The van der Waals surface area contributed by atoms with E-state index in [-0.39, 0.29) is 0 Å². The van der Waals surface area contributed by atoms with Gasteiger partial charge in [0.05, 0.1) is 6.61 Å². The zero-order valence-corrected chi connectivity index (χ0v) is 9.83. The molecule has 0 aliphatic carbocycles. The van der Waals surface area contributed by atoms with Gasteiger partial charge in [-0.15, -0.1) is 0 Å². The van der Waals surface area contributed by atoms with Crippen molar-refractivity contribution in [3.8, 4) is 0 Å². The Morgan fingerprint density at radius 1 is 1.32 bits per heavy atom. The lowest BCUT2D eigenvalue weighted by atomic mass is 10.1. The third-order valence-corrected chi connectivity index (χ3v) is 3.27. The maximum Gasteiger partial charge on any atom is 0.336 e. The van der Waals surface area contributed by atoms with Gasteiger partial charge in [0, 0.05) is 18.6 Å². The molecular weight excluding hydrogens is 254 g/mol. The van der Waals surface area contributed by atoms with E-state index in [0.29, 0.717) is 5.65 Å². The van der Waals surface area contributed by atoms with Crippen LogP contribution in [0.5, 0.6) is 0 Å². The number of aliphatic hydroxyl groups is 3. The minimum absolute atomic E-state index is 0.434. The first-order valence-corrected chi connectivity index (χ1v) is 5.80. The monoisotopic (exact) mass is 267 g/mol. The minimum atomic E-state index is -1.28. The number of ether oxygens (including phenoxy) is 1. The van der Waals surface area contributed by atoms with Crippen LogP contribution in [0.4, 0.5) is 0 Å². The summed E-state index contributed by atoms with van der Waals surface area (Å²) in [5.41, 5.74) is 0.0397. The number of fused-ring (bicyclic) bond motifs is 1. The minimum Gasteiger partial charge on any atom is -0.394 e. The average Bonchev–Trinajstić information content (AvgIpc) is 2.98. The summed E-state index contributed by atoms with van der Waals surface area (Å²) in [7, 11) is 0. The lowest BCUT2D eigenvalue weighted by molar-refractivity contribution is -0.0550. The van der Waals surface area contributed by atoms with Crippen LogP contribution in [0, 0.1) is 0 Å². The molecule has 3 N–H and O–H groups in total. The van der Waals surface area contributed by atoms with Crippen LogP contribution in [0.1, 0.15) is 6.23 Å². The molecule has 0 unspecified atom stereocenters. The van der Waals surface area contributed by atoms with Gasteiger partial charge in [-0.3, -0.25) is 8.97 Å². The van der Waals surface area contributed by atoms with E-state index in [2.05, 4.69) is 4.98 Å². The third-order valence-electron chi connectivity index (χ3n) is 3.27.